The molecule has 1 saturated heterocycles. The summed E-state index contributed by atoms with van der Waals surface area (Å²) in [7, 11) is 0. The van der Waals surface area contributed by atoms with E-state index in [2.05, 4.69) is 28.8 Å². The Hall–Kier alpha value is -0.860. The maximum atomic E-state index is 3.60. The minimum atomic E-state index is 0.760. The molecule has 104 valence electrons. The summed E-state index contributed by atoms with van der Waals surface area (Å²) in [6.45, 7) is 3.38. The van der Waals surface area contributed by atoms with Crippen molar-refractivity contribution in [2.24, 2.45) is 0 Å². The zero-order valence-corrected chi connectivity index (χ0v) is 11.9. The van der Waals surface area contributed by atoms with E-state index in [0.29, 0.717) is 0 Å². The van der Waals surface area contributed by atoms with Crippen LogP contribution in [0.15, 0.2) is 18.2 Å². The van der Waals surface area contributed by atoms with Gasteiger partial charge in [-0.1, -0.05) is 18.2 Å². The zero-order chi connectivity index (χ0) is 12.9. The van der Waals surface area contributed by atoms with Crippen molar-refractivity contribution in [2.75, 3.05) is 13.1 Å². The maximum absolute atomic E-state index is 3.60. The molecule has 0 amide bonds. The van der Waals surface area contributed by atoms with Crippen molar-refractivity contribution in [1.82, 2.24) is 10.6 Å². The van der Waals surface area contributed by atoms with Gasteiger partial charge in [-0.05, 0) is 74.7 Å². The molecule has 1 aliphatic carbocycles. The molecular formula is C17H26N2. The van der Waals surface area contributed by atoms with Gasteiger partial charge in [-0.15, -0.1) is 0 Å². The summed E-state index contributed by atoms with van der Waals surface area (Å²) in [4.78, 5) is 0. The largest absolute Gasteiger partial charge is 0.314 e. The Morgan fingerprint density at radius 3 is 2.84 bits per heavy atom. The molecular weight excluding hydrogens is 232 g/mol. The lowest BCUT2D eigenvalue weighted by Crippen LogP contribution is -2.26. The van der Waals surface area contributed by atoms with E-state index in [4.69, 9.17) is 0 Å². The lowest BCUT2D eigenvalue weighted by atomic mass is 9.90. The molecule has 0 aromatic heterocycles. The summed E-state index contributed by atoms with van der Waals surface area (Å²) in [5, 5.41) is 7.15. The Labute approximate surface area is 117 Å². The molecule has 3 rings (SSSR count). The molecule has 19 heavy (non-hydrogen) atoms. The third kappa shape index (κ3) is 3.58. The summed E-state index contributed by atoms with van der Waals surface area (Å²) < 4.78 is 0. The lowest BCUT2D eigenvalue weighted by Gasteiger charge is -2.17. The van der Waals surface area contributed by atoms with E-state index in [-0.39, 0.29) is 0 Å². The Kier molecular flexibility index (Phi) is 4.52. The first kappa shape index (κ1) is 13.1. The van der Waals surface area contributed by atoms with Gasteiger partial charge in [0.05, 0.1) is 0 Å². The third-order valence-electron chi connectivity index (χ3n) is 4.57. The first-order valence-corrected chi connectivity index (χ1v) is 7.96. The van der Waals surface area contributed by atoms with E-state index < -0.39 is 0 Å². The Morgan fingerprint density at radius 2 is 2.00 bits per heavy atom. The topological polar surface area (TPSA) is 24.1 Å². The average molecular weight is 258 g/mol. The number of fused-ring (bicyclic) bond motifs is 1. The smallest absolute Gasteiger partial charge is 0.0205 e. The van der Waals surface area contributed by atoms with Gasteiger partial charge in [0, 0.05) is 12.6 Å². The molecule has 1 aromatic rings. The summed E-state index contributed by atoms with van der Waals surface area (Å²) >= 11 is 0. The summed E-state index contributed by atoms with van der Waals surface area (Å²) in [6.07, 6.45) is 9.31. The van der Waals surface area contributed by atoms with E-state index in [1.807, 2.05) is 0 Å². The fourth-order valence-electron chi connectivity index (χ4n) is 3.41. The van der Waals surface area contributed by atoms with Crippen LogP contribution in [0.5, 0.6) is 0 Å². The molecule has 1 aliphatic heterocycles. The molecule has 0 saturated carbocycles. The number of hydrogen-bond donors (Lipinski definition) is 2. The minimum Gasteiger partial charge on any atom is -0.314 e. The number of nitrogens with one attached hydrogen (secondary N) is 2. The van der Waals surface area contributed by atoms with Gasteiger partial charge in [-0.25, -0.2) is 0 Å². The van der Waals surface area contributed by atoms with E-state index in [1.165, 1.54) is 57.1 Å². The van der Waals surface area contributed by atoms with Gasteiger partial charge in [0.15, 0.2) is 0 Å². The second-order valence-corrected chi connectivity index (χ2v) is 6.07. The molecule has 0 radical (unpaired) electrons. The normalized spacial score (nSPS) is 22.4. The minimum absolute atomic E-state index is 0.760. The van der Waals surface area contributed by atoms with E-state index in [0.717, 1.165) is 19.1 Å². The van der Waals surface area contributed by atoms with Crippen molar-refractivity contribution in [3.05, 3.63) is 34.9 Å². The molecule has 1 aromatic carbocycles. The highest BCUT2D eigenvalue weighted by molar-refractivity contribution is 5.33. The van der Waals surface area contributed by atoms with Crippen LogP contribution in [0, 0.1) is 0 Å². The van der Waals surface area contributed by atoms with Gasteiger partial charge in [0.2, 0.25) is 0 Å². The second kappa shape index (κ2) is 6.53. The lowest BCUT2D eigenvalue weighted by molar-refractivity contribution is 0.523. The van der Waals surface area contributed by atoms with Crippen LogP contribution in [0.1, 0.15) is 48.8 Å². The van der Waals surface area contributed by atoms with E-state index in [1.54, 1.807) is 11.1 Å². The second-order valence-electron chi connectivity index (χ2n) is 6.07. The van der Waals surface area contributed by atoms with Crippen molar-refractivity contribution in [1.29, 1.82) is 0 Å². The number of hydrogen-bond acceptors (Lipinski definition) is 2. The molecule has 0 spiro atoms. The van der Waals surface area contributed by atoms with E-state index >= 15 is 0 Å². The SMILES string of the molecule is c1cc2c(cc1CNCCC1CCCN1)CCCC2. The van der Waals surface area contributed by atoms with Gasteiger partial charge in [0.25, 0.3) is 0 Å². The van der Waals surface area contributed by atoms with Gasteiger partial charge in [0.1, 0.15) is 0 Å². The fourth-order valence-corrected chi connectivity index (χ4v) is 3.41. The fraction of sp³-hybridized carbons (Fsp3) is 0.647. The molecule has 0 bridgehead atoms. The monoisotopic (exact) mass is 258 g/mol. The van der Waals surface area contributed by atoms with Crippen molar-refractivity contribution >= 4 is 0 Å². The number of benzene rings is 1. The highest BCUT2D eigenvalue weighted by atomic mass is 14.9. The molecule has 2 N–H and O–H groups in total. The Morgan fingerprint density at radius 1 is 1.11 bits per heavy atom. The third-order valence-corrected chi connectivity index (χ3v) is 4.57. The van der Waals surface area contributed by atoms with Crippen LogP contribution in [-0.2, 0) is 19.4 Å². The van der Waals surface area contributed by atoms with Crippen LogP contribution in [0.25, 0.3) is 0 Å². The average Bonchev–Trinajstić information content (AvgIpc) is 2.97. The van der Waals surface area contributed by atoms with Crippen molar-refractivity contribution < 1.29 is 0 Å². The number of rotatable bonds is 5. The van der Waals surface area contributed by atoms with Gasteiger partial charge in [-0.3, -0.25) is 0 Å². The standard InChI is InChI=1S/C17H26N2/c1-2-5-16-12-14(7-8-15(16)4-1)13-18-11-9-17-6-3-10-19-17/h7-8,12,17-19H,1-6,9-11,13H2. The molecule has 2 nitrogen and oxygen atoms in total. The van der Waals surface area contributed by atoms with Gasteiger partial charge < -0.3 is 10.6 Å². The molecule has 1 unspecified atom stereocenters. The molecule has 1 fully saturated rings. The molecule has 2 heteroatoms. The highest BCUT2D eigenvalue weighted by Crippen LogP contribution is 2.22. The maximum Gasteiger partial charge on any atom is 0.0205 e. The van der Waals surface area contributed by atoms with Crippen molar-refractivity contribution in [2.45, 2.75) is 57.5 Å². The number of aryl methyl sites for hydroxylation is 2. The summed E-state index contributed by atoms with van der Waals surface area (Å²) in [6, 6.07) is 7.85. The molecule has 1 heterocycles. The van der Waals surface area contributed by atoms with Gasteiger partial charge >= 0.3 is 0 Å². The quantitative estimate of drug-likeness (QED) is 0.794. The van der Waals surface area contributed by atoms with Crippen LogP contribution in [0.2, 0.25) is 0 Å². The van der Waals surface area contributed by atoms with Crippen LogP contribution in [-0.4, -0.2) is 19.1 Å². The van der Waals surface area contributed by atoms with Gasteiger partial charge in [-0.2, -0.15) is 0 Å². The van der Waals surface area contributed by atoms with Crippen molar-refractivity contribution in [3.63, 3.8) is 0 Å². The van der Waals surface area contributed by atoms with Crippen LogP contribution in [0.3, 0.4) is 0 Å². The van der Waals surface area contributed by atoms with Crippen LogP contribution < -0.4 is 10.6 Å². The first-order chi connectivity index (χ1) is 9.42. The first-order valence-electron chi connectivity index (χ1n) is 7.96. The summed E-state index contributed by atoms with van der Waals surface area (Å²) in [5.41, 5.74) is 4.65. The highest BCUT2D eigenvalue weighted by Gasteiger charge is 2.13. The van der Waals surface area contributed by atoms with Crippen molar-refractivity contribution in [3.8, 4) is 0 Å². The molecule has 2 aliphatic rings. The predicted molar refractivity (Wildman–Crippen MR) is 80.4 cm³/mol. The zero-order valence-electron chi connectivity index (χ0n) is 11.9. The molecule has 1 atom stereocenters. The Bertz CT molecular complexity index is 408. The van der Waals surface area contributed by atoms with E-state index in [9.17, 15) is 0 Å². The summed E-state index contributed by atoms with van der Waals surface area (Å²) in [5.74, 6) is 0. The van der Waals surface area contributed by atoms with Crippen LogP contribution in [0.4, 0.5) is 0 Å². The predicted octanol–water partition coefficient (Wildman–Crippen LogP) is 2.80. The Balaban J connectivity index is 1.44. The van der Waals surface area contributed by atoms with Crippen LogP contribution >= 0.6 is 0 Å².